The molecule has 0 aliphatic heterocycles. The molecule has 0 saturated carbocycles. The summed E-state index contributed by atoms with van der Waals surface area (Å²) in [6.45, 7) is 0. The molecule has 3 aromatic carbocycles. The van der Waals surface area contributed by atoms with Crippen LogP contribution in [0, 0.1) is 0 Å². The lowest BCUT2D eigenvalue weighted by Crippen LogP contribution is -1.88. The van der Waals surface area contributed by atoms with Crippen molar-refractivity contribution >= 4 is 24.2 Å². The Hall–Kier alpha value is -1.70. The predicted octanol–water partition coefficient (Wildman–Crippen LogP) is 5.89. The highest BCUT2D eigenvalue weighted by Crippen LogP contribution is 2.22. The van der Waals surface area contributed by atoms with Crippen molar-refractivity contribution in [2.24, 2.45) is 0 Å². The standard InChI is InChI=1S/C19H15ClS/c20-18-9-3-15(4-10-18)13-14-1-5-16(6-2-14)17-7-11-19(21)12-8-17/h1-12,21H,13H2. The van der Waals surface area contributed by atoms with Gasteiger partial charge in [0.25, 0.3) is 0 Å². The molecule has 0 radical (unpaired) electrons. The minimum atomic E-state index is 0.779. The maximum Gasteiger partial charge on any atom is 0.0406 e. The summed E-state index contributed by atoms with van der Waals surface area (Å²) in [5.74, 6) is 0. The van der Waals surface area contributed by atoms with Gasteiger partial charge in [-0.3, -0.25) is 0 Å². The molecule has 0 aliphatic carbocycles. The van der Waals surface area contributed by atoms with Crippen molar-refractivity contribution < 1.29 is 0 Å². The fourth-order valence-electron chi connectivity index (χ4n) is 2.31. The van der Waals surface area contributed by atoms with Crippen molar-refractivity contribution in [3.8, 4) is 11.1 Å². The fraction of sp³-hybridized carbons (Fsp3) is 0.0526. The first-order chi connectivity index (χ1) is 10.2. The number of halogens is 1. The predicted molar refractivity (Wildman–Crippen MR) is 93.4 cm³/mol. The van der Waals surface area contributed by atoms with Gasteiger partial charge in [0.2, 0.25) is 0 Å². The van der Waals surface area contributed by atoms with Crippen LogP contribution in [0.4, 0.5) is 0 Å². The SMILES string of the molecule is Sc1ccc(-c2ccc(Cc3ccc(Cl)cc3)cc2)cc1. The van der Waals surface area contributed by atoms with E-state index in [1.165, 1.54) is 22.3 Å². The minimum absolute atomic E-state index is 0.779. The molecular weight excluding hydrogens is 296 g/mol. The first-order valence-corrected chi connectivity index (χ1v) is 7.66. The smallest absolute Gasteiger partial charge is 0.0406 e. The monoisotopic (exact) mass is 310 g/mol. The summed E-state index contributed by atoms with van der Waals surface area (Å²) in [4.78, 5) is 0.984. The summed E-state index contributed by atoms with van der Waals surface area (Å²) < 4.78 is 0. The van der Waals surface area contributed by atoms with E-state index in [4.69, 9.17) is 11.6 Å². The van der Waals surface area contributed by atoms with Gasteiger partial charge in [0, 0.05) is 9.92 Å². The van der Waals surface area contributed by atoms with Gasteiger partial charge in [-0.1, -0.05) is 60.1 Å². The van der Waals surface area contributed by atoms with Crippen molar-refractivity contribution in [1.82, 2.24) is 0 Å². The molecule has 0 bridgehead atoms. The Morgan fingerprint density at radius 1 is 0.619 bits per heavy atom. The van der Waals surface area contributed by atoms with Gasteiger partial charge in [-0.05, 0) is 52.9 Å². The van der Waals surface area contributed by atoms with Crippen molar-refractivity contribution in [2.75, 3.05) is 0 Å². The van der Waals surface area contributed by atoms with Crippen LogP contribution in [0.15, 0.2) is 77.7 Å². The van der Waals surface area contributed by atoms with Crippen LogP contribution in [0.3, 0.4) is 0 Å². The van der Waals surface area contributed by atoms with Crippen LogP contribution >= 0.6 is 24.2 Å². The van der Waals surface area contributed by atoms with Gasteiger partial charge in [0.1, 0.15) is 0 Å². The first-order valence-electron chi connectivity index (χ1n) is 6.83. The highest BCUT2D eigenvalue weighted by Gasteiger charge is 2.00. The lowest BCUT2D eigenvalue weighted by Gasteiger charge is -2.05. The van der Waals surface area contributed by atoms with E-state index in [2.05, 4.69) is 61.2 Å². The van der Waals surface area contributed by atoms with Gasteiger partial charge in [-0.15, -0.1) is 12.6 Å². The summed E-state index contributed by atoms with van der Waals surface area (Å²) in [7, 11) is 0. The second-order valence-corrected chi connectivity index (χ2v) is 6.00. The summed E-state index contributed by atoms with van der Waals surface area (Å²) in [6, 6.07) is 24.9. The van der Waals surface area contributed by atoms with E-state index in [0.717, 1.165) is 16.3 Å². The highest BCUT2D eigenvalue weighted by atomic mass is 35.5. The van der Waals surface area contributed by atoms with Crippen LogP contribution in [0.2, 0.25) is 5.02 Å². The molecule has 21 heavy (non-hydrogen) atoms. The van der Waals surface area contributed by atoms with Crippen LogP contribution in [0.25, 0.3) is 11.1 Å². The molecule has 2 heteroatoms. The van der Waals surface area contributed by atoms with Gasteiger partial charge >= 0.3 is 0 Å². The summed E-state index contributed by atoms with van der Waals surface area (Å²) >= 11 is 10.2. The summed E-state index contributed by atoms with van der Waals surface area (Å²) in [6.07, 6.45) is 0.924. The second-order valence-electron chi connectivity index (χ2n) is 5.05. The van der Waals surface area contributed by atoms with Gasteiger partial charge in [-0.25, -0.2) is 0 Å². The van der Waals surface area contributed by atoms with E-state index < -0.39 is 0 Å². The summed E-state index contributed by atoms with van der Waals surface area (Å²) in [5, 5.41) is 0.779. The highest BCUT2D eigenvalue weighted by molar-refractivity contribution is 7.80. The number of benzene rings is 3. The Bertz CT molecular complexity index is 713. The number of hydrogen-bond donors (Lipinski definition) is 1. The van der Waals surface area contributed by atoms with Crippen LogP contribution in [-0.4, -0.2) is 0 Å². The average Bonchev–Trinajstić information content (AvgIpc) is 2.51. The topological polar surface area (TPSA) is 0 Å². The van der Waals surface area contributed by atoms with Crippen LogP contribution in [-0.2, 0) is 6.42 Å². The zero-order valence-corrected chi connectivity index (χ0v) is 13.1. The molecule has 0 nitrogen and oxygen atoms in total. The number of rotatable bonds is 3. The lowest BCUT2D eigenvalue weighted by atomic mass is 10.0. The Morgan fingerprint density at radius 3 is 1.57 bits per heavy atom. The quantitative estimate of drug-likeness (QED) is 0.573. The Balaban J connectivity index is 1.77. The van der Waals surface area contributed by atoms with Gasteiger partial charge in [-0.2, -0.15) is 0 Å². The lowest BCUT2D eigenvalue weighted by molar-refractivity contribution is 1.19. The van der Waals surface area contributed by atoms with E-state index >= 15 is 0 Å². The third-order valence-electron chi connectivity index (χ3n) is 3.48. The zero-order chi connectivity index (χ0) is 14.7. The molecule has 0 saturated heterocycles. The molecule has 0 unspecified atom stereocenters. The van der Waals surface area contributed by atoms with E-state index in [1.54, 1.807) is 0 Å². The Labute approximate surface area is 135 Å². The molecule has 104 valence electrons. The van der Waals surface area contributed by atoms with Crippen LogP contribution in [0.5, 0.6) is 0 Å². The van der Waals surface area contributed by atoms with Gasteiger partial charge in [0.05, 0.1) is 0 Å². The van der Waals surface area contributed by atoms with E-state index in [1.807, 2.05) is 24.3 Å². The van der Waals surface area contributed by atoms with E-state index in [-0.39, 0.29) is 0 Å². The van der Waals surface area contributed by atoms with E-state index in [9.17, 15) is 0 Å². The molecule has 3 rings (SSSR count). The fourth-order valence-corrected chi connectivity index (χ4v) is 2.58. The van der Waals surface area contributed by atoms with Crippen LogP contribution in [0.1, 0.15) is 11.1 Å². The normalized spacial score (nSPS) is 10.6. The Kier molecular flexibility index (Phi) is 4.33. The molecule has 0 aliphatic rings. The maximum atomic E-state index is 5.91. The molecule has 0 heterocycles. The third kappa shape index (κ3) is 3.69. The molecule has 3 aromatic rings. The van der Waals surface area contributed by atoms with Gasteiger partial charge < -0.3 is 0 Å². The zero-order valence-electron chi connectivity index (χ0n) is 11.5. The maximum absolute atomic E-state index is 5.91. The summed E-state index contributed by atoms with van der Waals surface area (Å²) in [5.41, 5.74) is 5.01. The largest absolute Gasteiger partial charge is 0.143 e. The van der Waals surface area contributed by atoms with Crippen LogP contribution < -0.4 is 0 Å². The van der Waals surface area contributed by atoms with Gasteiger partial charge in [0.15, 0.2) is 0 Å². The molecule has 0 fully saturated rings. The first kappa shape index (κ1) is 14.2. The molecule has 0 amide bonds. The minimum Gasteiger partial charge on any atom is -0.143 e. The molecule has 0 N–H and O–H groups in total. The average molecular weight is 311 g/mol. The van der Waals surface area contributed by atoms with Crippen molar-refractivity contribution in [3.05, 3.63) is 88.9 Å². The molecule has 0 aromatic heterocycles. The Morgan fingerprint density at radius 2 is 1.05 bits per heavy atom. The number of hydrogen-bond acceptors (Lipinski definition) is 1. The van der Waals surface area contributed by atoms with Crippen molar-refractivity contribution in [2.45, 2.75) is 11.3 Å². The van der Waals surface area contributed by atoms with Crippen molar-refractivity contribution in [3.63, 3.8) is 0 Å². The van der Waals surface area contributed by atoms with Crippen molar-refractivity contribution in [1.29, 1.82) is 0 Å². The number of thiol groups is 1. The molecule has 0 atom stereocenters. The molecular formula is C19H15ClS. The third-order valence-corrected chi connectivity index (χ3v) is 4.03. The second kappa shape index (κ2) is 6.38. The van der Waals surface area contributed by atoms with E-state index in [0.29, 0.717) is 0 Å². The molecule has 0 spiro atoms.